The number of aromatic nitrogens is 3. The van der Waals surface area contributed by atoms with E-state index < -0.39 is 5.60 Å². The van der Waals surface area contributed by atoms with Gasteiger partial charge >= 0.3 is 0 Å². The largest absolute Gasteiger partial charge is 0.383 e. The average Bonchev–Trinajstić information content (AvgIpc) is 2.84. The Labute approximate surface area is 124 Å². The molecular formula is C15H23N5O. The van der Waals surface area contributed by atoms with Crippen molar-refractivity contribution in [1.82, 2.24) is 19.5 Å². The number of likely N-dealkylation sites (tertiary alicyclic amines) is 1. The Morgan fingerprint density at radius 2 is 1.90 bits per heavy atom. The summed E-state index contributed by atoms with van der Waals surface area (Å²) in [5.74, 6) is 0.437. The molecule has 1 fully saturated rings. The van der Waals surface area contributed by atoms with Crippen LogP contribution in [0.1, 0.15) is 39.3 Å². The first kappa shape index (κ1) is 14.3. The van der Waals surface area contributed by atoms with Crippen LogP contribution < -0.4 is 5.73 Å². The van der Waals surface area contributed by atoms with Gasteiger partial charge in [-0.15, -0.1) is 0 Å². The molecule has 1 saturated heterocycles. The molecule has 1 aliphatic heterocycles. The zero-order valence-corrected chi connectivity index (χ0v) is 12.9. The Balaban J connectivity index is 1.91. The second kappa shape index (κ2) is 4.68. The van der Waals surface area contributed by atoms with E-state index in [0.717, 1.165) is 24.3 Å². The Hall–Kier alpha value is -1.66. The lowest BCUT2D eigenvalue weighted by Crippen LogP contribution is -2.50. The van der Waals surface area contributed by atoms with Crippen molar-refractivity contribution in [3.05, 3.63) is 24.2 Å². The van der Waals surface area contributed by atoms with Gasteiger partial charge in [0.05, 0.1) is 5.69 Å². The molecule has 0 spiro atoms. The van der Waals surface area contributed by atoms with E-state index in [-0.39, 0.29) is 5.54 Å². The van der Waals surface area contributed by atoms with Crippen molar-refractivity contribution in [3.63, 3.8) is 0 Å². The molecule has 0 aromatic carbocycles. The van der Waals surface area contributed by atoms with Crippen LogP contribution in [0.2, 0.25) is 0 Å². The Bertz CT molecular complexity index is 650. The Kier molecular flexibility index (Phi) is 3.18. The normalized spacial score (nSPS) is 20.0. The second-order valence-corrected chi connectivity index (χ2v) is 6.85. The highest BCUT2D eigenvalue weighted by molar-refractivity contribution is 5.65. The third kappa shape index (κ3) is 2.38. The van der Waals surface area contributed by atoms with E-state index in [1.807, 2.05) is 12.1 Å². The maximum Gasteiger partial charge on any atom is 0.151 e. The van der Waals surface area contributed by atoms with Gasteiger partial charge in [-0.2, -0.15) is 5.10 Å². The first-order valence-electron chi connectivity index (χ1n) is 7.37. The molecule has 0 saturated carbocycles. The molecule has 21 heavy (non-hydrogen) atoms. The van der Waals surface area contributed by atoms with E-state index >= 15 is 0 Å². The van der Waals surface area contributed by atoms with Crippen LogP contribution in [0.15, 0.2) is 18.5 Å². The lowest BCUT2D eigenvalue weighted by molar-refractivity contribution is -0.0499. The summed E-state index contributed by atoms with van der Waals surface area (Å²) in [6.07, 6.45) is 2.82. The van der Waals surface area contributed by atoms with Crippen LogP contribution in [-0.2, 0) is 5.60 Å². The summed E-state index contributed by atoms with van der Waals surface area (Å²) in [6.45, 7) is 8.36. The maximum atomic E-state index is 11.1. The van der Waals surface area contributed by atoms with E-state index in [2.05, 4.69) is 35.8 Å². The smallest absolute Gasteiger partial charge is 0.151 e. The van der Waals surface area contributed by atoms with Gasteiger partial charge in [-0.1, -0.05) is 0 Å². The van der Waals surface area contributed by atoms with Gasteiger partial charge in [0.15, 0.2) is 5.82 Å². The molecular weight excluding hydrogens is 266 g/mol. The second-order valence-electron chi connectivity index (χ2n) is 6.85. The highest BCUT2D eigenvalue weighted by Crippen LogP contribution is 2.35. The van der Waals surface area contributed by atoms with Crippen LogP contribution in [-0.4, -0.2) is 43.2 Å². The summed E-state index contributed by atoms with van der Waals surface area (Å²) in [7, 11) is 0. The topological polar surface area (TPSA) is 79.7 Å². The minimum atomic E-state index is -0.852. The lowest BCUT2D eigenvalue weighted by Gasteiger charge is -2.44. The summed E-state index contributed by atoms with van der Waals surface area (Å²) in [5.41, 5.74) is 6.70. The number of hydrogen-bond acceptors (Lipinski definition) is 5. The number of fused-ring (bicyclic) bond motifs is 1. The van der Waals surface area contributed by atoms with E-state index in [1.165, 1.54) is 6.33 Å². The van der Waals surface area contributed by atoms with Crippen molar-refractivity contribution < 1.29 is 5.11 Å². The lowest BCUT2D eigenvalue weighted by atomic mass is 9.86. The maximum absolute atomic E-state index is 11.1. The van der Waals surface area contributed by atoms with E-state index in [4.69, 9.17) is 5.73 Å². The Morgan fingerprint density at radius 3 is 2.52 bits per heavy atom. The van der Waals surface area contributed by atoms with E-state index in [1.54, 1.807) is 4.52 Å². The highest BCUT2D eigenvalue weighted by atomic mass is 16.3. The minimum absolute atomic E-state index is 0.134. The predicted molar refractivity (Wildman–Crippen MR) is 81.9 cm³/mol. The summed E-state index contributed by atoms with van der Waals surface area (Å²) in [4.78, 5) is 6.39. The number of aliphatic hydroxyl groups is 1. The number of rotatable bonds is 1. The molecule has 3 rings (SSSR count). The summed E-state index contributed by atoms with van der Waals surface area (Å²) in [6, 6.07) is 3.78. The molecule has 0 atom stereocenters. The van der Waals surface area contributed by atoms with Gasteiger partial charge in [0, 0.05) is 18.6 Å². The average molecular weight is 289 g/mol. The van der Waals surface area contributed by atoms with Crippen LogP contribution in [0.25, 0.3) is 5.52 Å². The molecule has 114 valence electrons. The van der Waals surface area contributed by atoms with Gasteiger partial charge < -0.3 is 10.8 Å². The fraction of sp³-hybridized carbons (Fsp3) is 0.600. The fourth-order valence-electron chi connectivity index (χ4n) is 3.11. The minimum Gasteiger partial charge on any atom is -0.383 e. The first-order valence-corrected chi connectivity index (χ1v) is 7.37. The molecule has 0 aliphatic carbocycles. The van der Waals surface area contributed by atoms with Gasteiger partial charge in [0.1, 0.15) is 17.4 Å². The molecule has 0 bridgehead atoms. The van der Waals surface area contributed by atoms with E-state index in [9.17, 15) is 5.11 Å². The van der Waals surface area contributed by atoms with Crippen LogP contribution in [0.4, 0.5) is 5.82 Å². The zero-order chi connectivity index (χ0) is 15.3. The van der Waals surface area contributed by atoms with Gasteiger partial charge in [-0.05, 0) is 45.7 Å². The summed E-state index contributed by atoms with van der Waals surface area (Å²) in [5, 5.41) is 15.3. The van der Waals surface area contributed by atoms with Crippen molar-refractivity contribution in [2.75, 3.05) is 18.8 Å². The van der Waals surface area contributed by atoms with Gasteiger partial charge in [0.2, 0.25) is 0 Å². The Morgan fingerprint density at radius 1 is 1.24 bits per heavy atom. The molecule has 0 unspecified atom stereocenters. The van der Waals surface area contributed by atoms with Crippen LogP contribution >= 0.6 is 0 Å². The van der Waals surface area contributed by atoms with Crippen molar-refractivity contribution in [2.24, 2.45) is 0 Å². The third-order valence-corrected chi connectivity index (χ3v) is 4.50. The number of piperidine rings is 1. The standard InChI is InChI=1S/C15H23N5O/c1-14(2,3)19-8-6-15(21,7-9-19)12-5-4-11-13(16)17-10-18-20(11)12/h4-5,10,21H,6-9H2,1-3H3,(H2,16,17,18). The molecule has 2 aromatic rings. The van der Waals surface area contributed by atoms with Crippen LogP contribution in [0, 0.1) is 0 Å². The number of hydrogen-bond donors (Lipinski definition) is 2. The molecule has 1 aliphatic rings. The third-order valence-electron chi connectivity index (χ3n) is 4.50. The van der Waals surface area contributed by atoms with E-state index in [0.29, 0.717) is 18.7 Å². The van der Waals surface area contributed by atoms with Crippen molar-refractivity contribution in [3.8, 4) is 0 Å². The van der Waals surface area contributed by atoms with Crippen molar-refractivity contribution in [2.45, 2.75) is 44.8 Å². The van der Waals surface area contributed by atoms with Gasteiger partial charge in [-0.3, -0.25) is 4.90 Å². The zero-order valence-electron chi connectivity index (χ0n) is 12.9. The molecule has 3 N–H and O–H groups in total. The summed E-state index contributed by atoms with van der Waals surface area (Å²) >= 11 is 0. The van der Waals surface area contributed by atoms with Crippen LogP contribution in [0.5, 0.6) is 0 Å². The first-order chi connectivity index (χ1) is 9.81. The molecule has 0 amide bonds. The number of nitrogen functional groups attached to an aromatic ring is 1. The van der Waals surface area contributed by atoms with Crippen molar-refractivity contribution >= 4 is 11.3 Å². The molecule has 6 heteroatoms. The number of anilines is 1. The van der Waals surface area contributed by atoms with Crippen molar-refractivity contribution in [1.29, 1.82) is 0 Å². The van der Waals surface area contributed by atoms with Gasteiger partial charge in [-0.25, -0.2) is 9.50 Å². The number of nitrogens with zero attached hydrogens (tertiary/aromatic N) is 4. The van der Waals surface area contributed by atoms with Gasteiger partial charge in [0.25, 0.3) is 0 Å². The molecule has 6 nitrogen and oxygen atoms in total. The summed E-state index contributed by atoms with van der Waals surface area (Å²) < 4.78 is 1.72. The predicted octanol–water partition coefficient (Wildman–Crippen LogP) is 1.39. The molecule has 3 heterocycles. The fourth-order valence-corrected chi connectivity index (χ4v) is 3.11. The molecule has 0 radical (unpaired) electrons. The number of nitrogens with two attached hydrogens (primary N) is 1. The quantitative estimate of drug-likeness (QED) is 0.829. The molecule has 2 aromatic heterocycles. The van der Waals surface area contributed by atoms with Crippen LogP contribution in [0.3, 0.4) is 0 Å². The monoisotopic (exact) mass is 289 g/mol. The SMILES string of the molecule is CC(C)(C)N1CCC(O)(c2ccc3c(N)ncnn23)CC1. The highest BCUT2D eigenvalue weighted by Gasteiger charge is 2.39.